The Labute approximate surface area is 63.0 Å². The third-order valence-electron chi connectivity index (χ3n) is 1.14. The zero-order chi connectivity index (χ0) is 5.11. The van der Waals surface area contributed by atoms with Gasteiger partial charge in [-0.15, -0.1) is 0 Å². The fourth-order valence-electron chi connectivity index (χ4n) is 0.650. The maximum atomic E-state index is 2.16. The predicted octanol–water partition coefficient (Wildman–Crippen LogP) is 1.97. The molecule has 0 fully saturated rings. The summed E-state index contributed by atoms with van der Waals surface area (Å²) in [7, 11) is 0. The number of hydrogen-bond acceptors (Lipinski definition) is 0. The van der Waals surface area contributed by atoms with Crippen LogP contribution >= 0.6 is 0 Å². The van der Waals surface area contributed by atoms with Gasteiger partial charge in [-0.2, -0.15) is 17.7 Å². The standard InChI is InChI=1S/C7H9.Ru/c1-2-7-5-3-4-6-7;/h3-6H,2H2,1H3;/q-1;+2. The van der Waals surface area contributed by atoms with Gasteiger partial charge in [0.15, 0.2) is 0 Å². The van der Waals surface area contributed by atoms with E-state index in [1.165, 1.54) is 5.56 Å². The van der Waals surface area contributed by atoms with Gasteiger partial charge in [0.1, 0.15) is 0 Å². The Bertz CT molecular complexity index is 119. The van der Waals surface area contributed by atoms with Crippen molar-refractivity contribution in [1.29, 1.82) is 0 Å². The summed E-state index contributed by atoms with van der Waals surface area (Å²) >= 11 is 0. The summed E-state index contributed by atoms with van der Waals surface area (Å²) in [4.78, 5) is 0. The molecule has 8 heavy (non-hydrogen) atoms. The fourth-order valence-corrected chi connectivity index (χ4v) is 0.650. The van der Waals surface area contributed by atoms with Crippen molar-refractivity contribution >= 4 is 0 Å². The van der Waals surface area contributed by atoms with Crippen molar-refractivity contribution in [2.75, 3.05) is 0 Å². The van der Waals surface area contributed by atoms with Crippen LogP contribution in [0.5, 0.6) is 0 Å². The Morgan fingerprint density at radius 3 is 2.00 bits per heavy atom. The summed E-state index contributed by atoms with van der Waals surface area (Å²) < 4.78 is 0. The minimum absolute atomic E-state index is 0. The van der Waals surface area contributed by atoms with Gasteiger partial charge in [0.05, 0.1) is 0 Å². The fraction of sp³-hybridized carbons (Fsp3) is 0.286. The van der Waals surface area contributed by atoms with Crippen molar-refractivity contribution in [3.63, 3.8) is 0 Å². The van der Waals surface area contributed by atoms with E-state index in [1.54, 1.807) is 0 Å². The molecule has 0 heterocycles. The van der Waals surface area contributed by atoms with Crippen LogP contribution in [0, 0.1) is 0 Å². The first-order chi connectivity index (χ1) is 3.43. The zero-order valence-electron chi connectivity index (χ0n) is 4.87. The molecule has 0 spiro atoms. The van der Waals surface area contributed by atoms with Gasteiger partial charge in [-0.3, -0.25) is 0 Å². The Hall–Kier alpha value is -0.0266. The largest absolute Gasteiger partial charge is 2.00 e. The molecular formula is C7H9Ru+. The molecule has 0 aliphatic heterocycles. The summed E-state index contributed by atoms with van der Waals surface area (Å²) in [5, 5.41) is 0. The van der Waals surface area contributed by atoms with E-state index in [0.29, 0.717) is 0 Å². The zero-order valence-corrected chi connectivity index (χ0v) is 6.61. The molecule has 1 rings (SSSR count). The summed E-state index contributed by atoms with van der Waals surface area (Å²) in [5.41, 5.74) is 1.43. The van der Waals surface area contributed by atoms with E-state index >= 15 is 0 Å². The summed E-state index contributed by atoms with van der Waals surface area (Å²) in [6.07, 6.45) is 1.16. The maximum Gasteiger partial charge on any atom is 2.00 e. The Morgan fingerprint density at radius 1 is 1.25 bits per heavy atom. The molecule has 1 aromatic rings. The van der Waals surface area contributed by atoms with Crippen molar-refractivity contribution in [3.8, 4) is 0 Å². The molecular weight excluding hydrogens is 185 g/mol. The first kappa shape index (κ1) is 7.97. The van der Waals surface area contributed by atoms with Crippen molar-refractivity contribution in [1.82, 2.24) is 0 Å². The average molecular weight is 194 g/mol. The third kappa shape index (κ3) is 1.83. The second kappa shape index (κ2) is 3.91. The van der Waals surface area contributed by atoms with Crippen LogP contribution in [0.4, 0.5) is 0 Å². The van der Waals surface area contributed by atoms with Crippen LogP contribution in [0.3, 0.4) is 0 Å². The number of rotatable bonds is 1. The van der Waals surface area contributed by atoms with E-state index in [4.69, 9.17) is 0 Å². The predicted molar refractivity (Wildman–Crippen MR) is 31.4 cm³/mol. The first-order valence-corrected chi connectivity index (χ1v) is 2.64. The van der Waals surface area contributed by atoms with Crippen LogP contribution in [0.15, 0.2) is 24.3 Å². The molecule has 0 saturated carbocycles. The molecule has 0 atom stereocenters. The summed E-state index contributed by atoms with van der Waals surface area (Å²) in [6, 6.07) is 8.41. The topological polar surface area (TPSA) is 0 Å². The van der Waals surface area contributed by atoms with Gasteiger partial charge in [-0.25, -0.2) is 12.1 Å². The van der Waals surface area contributed by atoms with Gasteiger partial charge < -0.3 is 0 Å². The van der Waals surface area contributed by atoms with Crippen LogP contribution in [-0.2, 0) is 25.9 Å². The van der Waals surface area contributed by atoms with Crippen LogP contribution in [0.2, 0.25) is 0 Å². The van der Waals surface area contributed by atoms with E-state index in [9.17, 15) is 0 Å². The maximum absolute atomic E-state index is 2.16. The molecule has 1 aromatic carbocycles. The van der Waals surface area contributed by atoms with Crippen molar-refractivity contribution in [2.45, 2.75) is 13.3 Å². The molecule has 0 saturated heterocycles. The molecule has 44 valence electrons. The van der Waals surface area contributed by atoms with Gasteiger partial charge in [0.25, 0.3) is 0 Å². The molecule has 0 aliphatic carbocycles. The molecule has 0 aliphatic rings. The Morgan fingerprint density at radius 2 is 1.75 bits per heavy atom. The molecule has 0 aromatic heterocycles. The Kier molecular flexibility index (Phi) is 3.90. The second-order valence-corrected chi connectivity index (χ2v) is 1.65. The van der Waals surface area contributed by atoms with Gasteiger partial charge in [0, 0.05) is 0 Å². The van der Waals surface area contributed by atoms with E-state index in [1.807, 2.05) is 0 Å². The van der Waals surface area contributed by atoms with Crippen molar-refractivity contribution in [3.05, 3.63) is 29.8 Å². The van der Waals surface area contributed by atoms with E-state index in [-0.39, 0.29) is 19.5 Å². The molecule has 0 bridgehead atoms. The molecule has 0 N–H and O–H groups in total. The molecule has 0 amide bonds. The van der Waals surface area contributed by atoms with Crippen molar-refractivity contribution in [2.24, 2.45) is 0 Å². The van der Waals surface area contributed by atoms with Crippen molar-refractivity contribution < 1.29 is 19.5 Å². The first-order valence-electron chi connectivity index (χ1n) is 2.64. The van der Waals surface area contributed by atoms with Crippen LogP contribution in [0.1, 0.15) is 12.5 Å². The number of hydrogen-bond donors (Lipinski definition) is 0. The monoisotopic (exact) mass is 195 g/mol. The van der Waals surface area contributed by atoms with E-state index in [0.717, 1.165) is 6.42 Å². The van der Waals surface area contributed by atoms with Gasteiger partial charge in [0.2, 0.25) is 0 Å². The molecule has 0 nitrogen and oxygen atoms in total. The molecule has 0 unspecified atom stereocenters. The molecule has 1 heteroatoms. The molecule has 0 radical (unpaired) electrons. The van der Waals surface area contributed by atoms with Gasteiger partial charge in [-0.1, -0.05) is 13.3 Å². The van der Waals surface area contributed by atoms with Crippen LogP contribution in [-0.4, -0.2) is 0 Å². The smallest absolute Gasteiger partial charge is 0.213 e. The van der Waals surface area contributed by atoms with Crippen LogP contribution < -0.4 is 0 Å². The summed E-state index contributed by atoms with van der Waals surface area (Å²) in [6.45, 7) is 2.16. The quantitative estimate of drug-likeness (QED) is 0.473. The second-order valence-electron chi connectivity index (χ2n) is 1.65. The minimum Gasteiger partial charge on any atom is -0.213 e. The summed E-state index contributed by atoms with van der Waals surface area (Å²) in [5.74, 6) is 0. The SMILES string of the molecule is CC[c-]1cccc1.[Ru+2]. The van der Waals surface area contributed by atoms with Gasteiger partial charge in [-0.05, 0) is 0 Å². The van der Waals surface area contributed by atoms with Gasteiger partial charge >= 0.3 is 19.5 Å². The normalized spacial score (nSPS) is 8.12. The van der Waals surface area contributed by atoms with E-state index < -0.39 is 0 Å². The third-order valence-corrected chi connectivity index (χ3v) is 1.14. The minimum atomic E-state index is 0. The van der Waals surface area contributed by atoms with Crippen LogP contribution in [0.25, 0.3) is 0 Å². The number of aryl methyl sites for hydroxylation is 1. The Balaban J connectivity index is 0.000000490. The van der Waals surface area contributed by atoms with E-state index in [2.05, 4.69) is 31.2 Å². The average Bonchev–Trinajstić information content (AvgIpc) is 2.14.